The van der Waals surface area contributed by atoms with Crippen LogP contribution >= 0.6 is 23.1 Å². The molecule has 4 aromatic rings. The fourth-order valence-electron chi connectivity index (χ4n) is 2.67. The fourth-order valence-corrected chi connectivity index (χ4v) is 4.37. The number of tetrazole rings is 1. The summed E-state index contributed by atoms with van der Waals surface area (Å²) >= 11 is 2.87. The van der Waals surface area contributed by atoms with Gasteiger partial charge in [0, 0.05) is 18.2 Å². The minimum absolute atomic E-state index is 0.492. The molecule has 12 heteroatoms. The van der Waals surface area contributed by atoms with Crippen molar-refractivity contribution in [1.29, 1.82) is 0 Å². The van der Waals surface area contributed by atoms with E-state index in [1.807, 2.05) is 55.0 Å². The number of hydrogen-bond donors (Lipinski definition) is 1. The maximum Gasteiger partial charge on any atom is 0.413 e. The summed E-state index contributed by atoms with van der Waals surface area (Å²) in [5.74, 6) is 1.15. The summed E-state index contributed by atoms with van der Waals surface area (Å²) in [6.07, 6.45) is -0.521. The van der Waals surface area contributed by atoms with E-state index in [1.165, 1.54) is 23.1 Å². The SMILES string of the molecule is Cn1nnnc1-n1c(SCc2csc(NC(=O)OC(C)(C)C)n2)nc2ccccc21. The summed E-state index contributed by atoms with van der Waals surface area (Å²) in [7, 11) is 1.79. The van der Waals surface area contributed by atoms with Crippen LogP contribution in [-0.2, 0) is 17.5 Å². The van der Waals surface area contributed by atoms with Crippen LogP contribution in [0.4, 0.5) is 9.93 Å². The largest absolute Gasteiger partial charge is 0.444 e. The highest BCUT2D eigenvalue weighted by molar-refractivity contribution is 7.98. The first kappa shape index (κ1) is 20.3. The molecule has 1 amide bonds. The lowest BCUT2D eigenvalue weighted by atomic mass is 10.2. The Balaban J connectivity index is 1.52. The first-order valence-corrected chi connectivity index (χ1v) is 10.9. The number of amides is 1. The smallest absolute Gasteiger partial charge is 0.413 e. The number of thiazole rings is 1. The number of carbonyl (C=O) groups excluding carboxylic acids is 1. The quantitative estimate of drug-likeness (QED) is 0.464. The Kier molecular flexibility index (Phi) is 5.43. The second-order valence-electron chi connectivity index (χ2n) is 7.38. The molecule has 4 rings (SSSR count). The molecular formula is C18H20N8O2S2. The number of aryl methyl sites for hydroxylation is 1. The number of hydrogen-bond acceptors (Lipinski definition) is 9. The number of anilines is 1. The monoisotopic (exact) mass is 444 g/mol. The molecule has 0 spiro atoms. The number of aromatic nitrogens is 7. The van der Waals surface area contributed by atoms with Gasteiger partial charge in [0.15, 0.2) is 10.3 Å². The van der Waals surface area contributed by atoms with E-state index in [1.54, 1.807) is 11.7 Å². The van der Waals surface area contributed by atoms with Crippen LogP contribution in [0.15, 0.2) is 34.8 Å². The summed E-state index contributed by atoms with van der Waals surface area (Å²) in [5.41, 5.74) is 2.04. The molecule has 0 aliphatic heterocycles. The molecular weight excluding hydrogens is 424 g/mol. The molecule has 156 valence electrons. The lowest BCUT2D eigenvalue weighted by Crippen LogP contribution is -2.27. The van der Waals surface area contributed by atoms with Crippen molar-refractivity contribution in [2.45, 2.75) is 37.3 Å². The fraction of sp³-hybridized carbons (Fsp3) is 0.333. The summed E-state index contributed by atoms with van der Waals surface area (Å²) in [4.78, 5) is 21.1. The molecule has 0 bridgehead atoms. The molecule has 0 fully saturated rings. The first-order valence-electron chi connectivity index (χ1n) is 9.07. The van der Waals surface area contributed by atoms with Gasteiger partial charge in [0.25, 0.3) is 5.95 Å². The number of ether oxygens (including phenoxy) is 1. The van der Waals surface area contributed by atoms with Gasteiger partial charge in [-0.2, -0.15) is 0 Å². The van der Waals surface area contributed by atoms with Crippen LogP contribution in [0.5, 0.6) is 0 Å². The van der Waals surface area contributed by atoms with Gasteiger partial charge in [0.2, 0.25) is 0 Å². The Morgan fingerprint density at radius 2 is 2.07 bits per heavy atom. The number of fused-ring (bicyclic) bond motifs is 1. The number of imidazole rings is 1. The maximum absolute atomic E-state index is 11.9. The predicted molar refractivity (Wildman–Crippen MR) is 115 cm³/mol. The Hall–Kier alpha value is -2.99. The molecule has 0 aliphatic carbocycles. The maximum atomic E-state index is 11.9. The normalized spacial score (nSPS) is 11.7. The van der Waals surface area contributed by atoms with E-state index < -0.39 is 11.7 Å². The molecule has 0 atom stereocenters. The van der Waals surface area contributed by atoms with E-state index >= 15 is 0 Å². The van der Waals surface area contributed by atoms with Crippen LogP contribution in [0.1, 0.15) is 26.5 Å². The van der Waals surface area contributed by atoms with Gasteiger partial charge >= 0.3 is 6.09 Å². The van der Waals surface area contributed by atoms with Crippen LogP contribution < -0.4 is 5.32 Å². The summed E-state index contributed by atoms with van der Waals surface area (Å²) in [5, 5.41) is 17.6. The van der Waals surface area contributed by atoms with E-state index in [0.29, 0.717) is 16.8 Å². The standard InChI is InChI=1S/C18H20N8O2S2/c1-18(2,3)28-17(27)21-14-19-11(9-29-14)10-30-16-20-12-7-5-6-8-13(12)26(16)15-22-23-24-25(15)4/h5-9H,10H2,1-4H3,(H,19,21,27). The summed E-state index contributed by atoms with van der Waals surface area (Å²) in [6, 6.07) is 7.82. The Labute approximate surface area is 180 Å². The van der Waals surface area contributed by atoms with Crippen molar-refractivity contribution >= 4 is 45.4 Å². The Morgan fingerprint density at radius 3 is 2.80 bits per heavy atom. The van der Waals surface area contributed by atoms with Crippen LogP contribution in [0.2, 0.25) is 0 Å². The van der Waals surface area contributed by atoms with Gasteiger partial charge in [-0.25, -0.2) is 19.4 Å². The number of thioether (sulfide) groups is 1. The van der Waals surface area contributed by atoms with Crippen molar-refractivity contribution < 1.29 is 9.53 Å². The molecule has 0 saturated carbocycles. The van der Waals surface area contributed by atoms with Crippen molar-refractivity contribution in [3.8, 4) is 5.95 Å². The third-order valence-corrected chi connectivity index (χ3v) is 5.62. The second kappa shape index (κ2) is 8.03. The van der Waals surface area contributed by atoms with Gasteiger partial charge in [0.1, 0.15) is 5.60 Å². The van der Waals surface area contributed by atoms with Crippen LogP contribution in [0, 0.1) is 0 Å². The van der Waals surface area contributed by atoms with Gasteiger partial charge in [-0.05, 0) is 43.3 Å². The second-order valence-corrected chi connectivity index (χ2v) is 9.18. The van der Waals surface area contributed by atoms with Crippen molar-refractivity contribution in [3.63, 3.8) is 0 Å². The average Bonchev–Trinajstić information content (AvgIpc) is 3.36. The molecule has 3 heterocycles. The van der Waals surface area contributed by atoms with Crippen molar-refractivity contribution in [2.75, 3.05) is 5.32 Å². The van der Waals surface area contributed by atoms with Crippen LogP contribution in [0.25, 0.3) is 17.0 Å². The van der Waals surface area contributed by atoms with E-state index in [0.717, 1.165) is 21.9 Å². The third-order valence-electron chi connectivity index (χ3n) is 3.84. The number of benzene rings is 1. The highest BCUT2D eigenvalue weighted by Crippen LogP contribution is 2.30. The number of nitrogens with zero attached hydrogens (tertiary/aromatic N) is 7. The van der Waals surface area contributed by atoms with E-state index in [4.69, 9.17) is 9.72 Å². The molecule has 1 aromatic carbocycles. The van der Waals surface area contributed by atoms with Gasteiger partial charge < -0.3 is 4.74 Å². The van der Waals surface area contributed by atoms with Crippen molar-refractivity contribution in [3.05, 3.63) is 35.3 Å². The molecule has 0 radical (unpaired) electrons. The number of nitrogens with one attached hydrogen (secondary N) is 1. The zero-order chi connectivity index (χ0) is 21.3. The molecule has 0 saturated heterocycles. The van der Waals surface area contributed by atoms with E-state index in [9.17, 15) is 4.79 Å². The molecule has 1 N–H and O–H groups in total. The highest BCUT2D eigenvalue weighted by atomic mass is 32.2. The van der Waals surface area contributed by atoms with Crippen molar-refractivity contribution in [2.24, 2.45) is 7.05 Å². The van der Waals surface area contributed by atoms with E-state index in [2.05, 4.69) is 25.8 Å². The predicted octanol–water partition coefficient (Wildman–Crippen LogP) is 3.64. The third kappa shape index (κ3) is 4.44. The molecule has 3 aromatic heterocycles. The lowest BCUT2D eigenvalue weighted by Gasteiger charge is -2.18. The number of carbonyl (C=O) groups is 1. The zero-order valence-corrected chi connectivity index (χ0v) is 18.5. The Morgan fingerprint density at radius 1 is 1.27 bits per heavy atom. The summed E-state index contributed by atoms with van der Waals surface area (Å²) < 4.78 is 8.78. The van der Waals surface area contributed by atoms with Crippen LogP contribution in [0.3, 0.4) is 0 Å². The first-order chi connectivity index (χ1) is 14.3. The van der Waals surface area contributed by atoms with Gasteiger partial charge in [0.05, 0.1) is 16.7 Å². The molecule has 30 heavy (non-hydrogen) atoms. The summed E-state index contributed by atoms with van der Waals surface area (Å²) in [6.45, 7) is 5.44. The number of para-hydroxylation sites is 2. The van der Waals surface area contributed by atoms with Gasteiger partial charge in [-0.1, -0.05) is 29.0 Å². The van der Waals surface area contributed by atoms with Gasteiger partial charge in [-0.15, -0.1) is 11.3 Å². The minimum atomic E-state index is -0.562. The average molecular weight is 445 g/mol. The highest BCUT2D eigenvalue weighted by Gasteiger charge is 2.19. The van der Waals surface area contributed by atoms with Crippen molar-refractivity contribution in [1.82, 2.24) is 34.7 Å². The molecule has 0 aliphatic rings. The topological polar surface area (TPSA) is 113 Å². The minimum Gasteiger partial charge on any atom is -0.444 e. The molecule has 10 nitrogen and oxygen atoms in total. The Bertz CT molecular complexity index is 1190. The molecule has 0 unspecified atom stereocenters. The zero-order valence-electron chi connectivity index (χ0n) is 16.9. The van der Waals surface area contributed by atoms with E-state index in [-0.39, 0.29) is 0 Å². The van der Waals surface area contributed by atoms with Gasteiger partial charge in [-0.3, -0.25) is 9.88 Å². The van der Waals surface area contributed by atoms with Crippen LogP contribution in [-0.4, -0.2) is 46.4 Å². The number of rotatable bonds is 5. The lowest BCUT2D eigenvalue weighted by molar-refractivity contribution is 0.0636.